The topological polar surface area (TPSA) is 49.7 Å². The number of methoxy groups -OCH3 is 1. The maximum absolute atomic E-state index is 10.6. The summed E-state index contributed by atoms with van der Waals surface area (Å²) in [5.74, 6) is 0.776. The highest BCUT2D eigenvalue weighted by atomic mass is 16.5. The Morgan fingerprint density at radius 1 is 1.38 bits per heavy atom. The van der Waals surface area contributed by atoms with Gasteiger partial charge in [0.25, 0.3) is 0 Å². The van der Waals surface area contributed by atoms with Crippen LogP contribution in [0.15, 0.2) is 18.2 Å². The predicted molar refractivity (Wildman–Crippen MR) is 59.5 cm³/mol. The first kappa shape index (κ1) is 10.1. The van der Waals surface area contributed by atoms with Crippen LogP contribution in [-0.4, -0.2) is 23.4 Å². The smallest absolute Gasteiger partial charge is 0.126 e. The molecule has 3 rings (SSSR count). The zero-order valence-electron chi connectivity index (χ0n) is 9.31. The van der Waals surface area contributed by atoms with Gasteiger partial charge in [0.1, 0.15) is 11.4 Å². The molecule has 1 aromatic rings. The summed E-state index contributed by atoms with van der Waals surface area (Å²) < 4.78 is 5.27. The van der Waals surface area contributed by atoms with Crippen molar-refractivity contribution >= 4 is 0 Å². The molecule has 1 fully saturated rings. The monoisotopic (exact) mass is 220 g/mol. The summed E-state index contributed by atoms with van der Waals surface area (Å²) in [6.07, 6.45) is 1.94. The molecule has 2 N–H and O–H groups in total. The van der Waals surface area contributed by atoms with E-state index in [1.165, 1.54) is 0 Å². The number of hydrogen-bond donors (Lipinski definition) is 2. The van der Waals surface area contributed by atoms with E-state index in [-0.39, 0.29) is 5.92 Å². The SMILES string of the molecule is COc1cccc2c1[C@]1(O)C(O)CCCC21. The third kappa shape index (κ3) is 1.00. The molecule has 1 saturated carbocycles. The molecule has 3 heteroatoms. The Labute approximate surface area is 94.7 Å². The van der Waals surface area contributed by atoms with Crippen LogP contribution in [0.3, 0.4) is 0 Å². The third-order valence-electron chi connectivity index (χ3n) is 4.06. The summed E-state index contributed by atoms with van der Waals surface area (Å²) in [5, 5.41) is 20.7. The molecule has 2 aliphatic rings. The predicted octanol–water partition coefficient (Wildman–Crippen LogP) is 1.52. The van der Waals surface area contributed by atoms with Gasteiger partial charge in [-0.1, -0.05) is 18.6 Å². The van der Waals surface area contributed by atoms with Crippen molar-refractivity contribution in [2.24, 2.45) is 0 Å². The van der Waals surface area contributed by atoms with Crippen molar-refractivity contribution in [1.82, 2.24) is 0 Å². The van der Waals surface area contributed by atoms with Crippen LogP contribution < -0.4 is 4.74 Å². The number of rotatable bonds is 1. The van der Waals surface area contributed by atoms with Crippen LogP contribution in [0.25, 0.3) is 0 Å². The van der Waals surface area contributed by atoms with E-state index in [4.69, 9.17) is 4.74 Å². The van der Waals surface area contributed by atoms with E-state index in [0.29, 0.717) is 12.2 Å². The summed E-state index contributed by atoms with van der Waals surface area (Å²) in [6, 6.07) is 5.81. The van der Waals surface area contributed by atoms with Gasteiger partial charge >= 0.3 is 0 Å². The molecule has 86 valence electrons. The van der Waals surface area contributed by atoms with E-state index in [0.717, 1.165) is 24.0 Å². The van der Waals surface area contributed by atoms with Crippen molar-refractivity contribution in [1.29, 1.82) is 0 Å². The number of aliphatic hydroxyl groups excluding tert-OH is 1. The fourth-order valence-corrected chi connectivity index (χ4v) is 3.28. The number of fused-ring (bicyclic) bond motifs is 4. The lowest BCUT2D eigenvalue weighted by Crippen LogP contribution is -2.54. The first-order valence-corrected chi connectivity index (χ1v) is 5.77. The zero-order chi connectivity index (χ0) is 11.3. The second-order valence-corrected chi connectivity index (χ2v) is 4.75. The summed E-state index contributed by atoms with van der Waals surface area (Å²) in [7, 11) is 1.60. The number of hydrogen-bond acceptors (Lipinski definition) is 3. The van der Waals surface area contributed by atoms with Gasteiger partial charge in [0, 0.05) is 11.5 Å². The molecule has 0 bridgehead atoms. The lowest BCUT2D eigenvalue weighted by Gasteiger charge is -2.53. The van der Waals surface area contributed by atoms with Gasteiger partial charge in [0.15, 0.2) is 0 Å². The molecular formula is C13H16O3. The van der Waals surface area contributed by atoms with Crippen molar-refractivity contribution in [3.8, 4) is 5.75 Å². The Balaban J connectivity index is 2.15. The molecule has 0 aromatic heterocycles. The van der Waals surface area contributed by atoms with Crippen molar-refractivity contribution in [3.05, 3.63) is 29.3 Å². The molecule has 3 atom stereocenters. The van der Waals surface area contributed by atoms with E-state index in [1.807, 2.05) is 18.2 Å². The normalized spacial score (nSPS) is 35.9. The van der Waals surface area contributed by atoms with E-state index < -0.39 is 11.7 Å². The molecule has 2 aliphatic carbocycles. The molecule has 0 spiro atoms. The Kier molecular flexibility index (Phi) is 2.03. The lowest BCUT2D eigenvalue weighted by molar-refractivity contribution is -0.141. The van der Waals surface area contributed by atoms with Crippen molar-refractivity contribution in [3.63, 3.8) is 0 Å². The molecule has 16 heavy (non-hydrogen) atoms. The van der Waals surface area contributed by atoms with Crippen LogP contribution in [0.5, 0.6) is 5.75 Å². The maximum atomic E-state index is 10.6. The average Bonchev–Trinajstić information content (AvgIpc) is 2.31. The molecule has 0 aliphatic heterocycles. The second kappa shape index (κ2) is 3.22. The first-order valence-electron chi connectivity index (χ1n) is 5.77. The largest absolute Gasteiger partial charge is 0.496 e. The number of benzene rings is 1. The van der Waals surface area contributed by atoms with E-state index in [1.54, 1.807) is 7.11 Å². The summed E-state index contributed by atoms with van der Waals surface area (Å²) in [6.45, 7) is 0. The fourth-order valence-electron chi connectivity index (χ4n) is 3.28. The molecule has 2 unspecified atom stereocenters. The maximum Gasteiger partial charge on any atom is 0.126 e. The Bertz CT molecular complexity index is 429. The zero-order valence-corrected chi connectivity index (χ0v) is 9.31. The summed E-state index contributed by atoms with van der Waals surface area (Å²) >= 11 is 0. The van der Waals surface area contributed by atoms with Crippen LogP contribution in [0.4, 0.5) is 0 Å². The summed E-state index contributed by atoms with van der Waals surface area (Å²) in [5.41, 5.74) is 0.871. The van der Waals surface area contributed by atoms with Crippen LogP contribution >= 0.6 is 0 Å². The first-order chi connectivity index (χ1) is 7.69. The Morgan fingerprint density at radius 2 is 2.19 bits per heavy atom. The molecule has 0 heterocycles. The fraction of sp³-hybridized carbons (Fsp3) is 0.538. The highest BCUT2D eigenvalue weighted by molar-refractivity contribution is 5.56. The van der Waals surface area contributed by atoms with Gasteiger partial charge in [-0.25, -0.2) is 0 Å². The molecule has 3 nitrogen and oxygen atoms in total. The molecule has 1 aromatic carbocycles. The van der Waals surface area contributed by atoms with Gasteiger partial charge in [0.2, 0.25) is 0 Å². The van der Waals surface area contributed by atoms with Crippen LogP contribution in [-0.2, 0) is 5.60 Å². The van der Waals surface area contributed by atoms with Gasteiger partial charge in [-0.15, -0.1) is 0 Å². The van der Waals surface area contributed by atoms with Crippen molar-refractivity contribution < 1.29 is 14.9 Å². The number of aliphatic hydroxyl groups is 2. The molecule has 0 radical (unpaired) electrons. The molecule has 0 amide bonds. The number of ether oxygens (including phenoxy) is 1. The highest BCUT2D eigenvalue weighted by Crippen LogP contribution is 2.60. The van der Waals surface area contributed by atoms with Gasteiger partial charge in [-0.05, 0) is 24.5 Å². The minimum absolute atomic E-state index is 0.0846. The molecule has 0 saturated heterocycles. The summed E-state index contributed by atoms with van der Waals surface area (Å²) in [4.78, 5) is 0. The van der Waals surface area contributed by atoms with Crippen LogP contribution in [0.2, 0.25) is 0 Å². The minimum Gasteiger partial charge on any atom is -0.496 e. The average molecular weight is 220 g/mol. The van der Waals surface area contributed by atoms with Crippen LogP contribution in [0.1, 0.15) is 36.3 Å². The van der Waals surface area contributed by atoms with Gasteiger partial charge < -0.3 is 14.9 Å². The second-order valence-electron chi connectivity index (χ2n) is 4.75. The van der Waals surface area contributed by atoms with E-state index in [2.05, 4.69) is 0 Å². The highest BCUT2D eigenvalue weighted by Gasteiger charge is 2.58. The third-order valence-corrected chi connectivity index (χ3v) is 4.06. The van der Waals surface area contributed by atoms with Crippen molar-refractivity contribution in [2.45, 2.75) is 36.9 Å². The van der Waals surface area contributed by atoms with Crippen LogP contribution in [0, 0.1) is 0 Å². The molecular weight excluding hydrogens is 204 g/mol. The van der Waals surface area contributed by atoms with Gasteiger partial charge in [0.05, 0.1) is 13.2 Å². The Morgan fingerprint density at radius 3 is 2.94 bits per heavy atom. The van der Waals surface area contributed by atoms with Gasteiger partial charge in [-0.2, -0.15) is 0 Å². The van der Waals surface area contributed by atoms with E-state index in [9.17, 15) is 10.2 Å². The van der Waals surface area contributed by atoms with E-state index >= 15 is 0 Å². The standard InChI is InChI=1S/C13H16O3/c1-16-10-6-2-4-8-9-5-3-7-11(14)13(9,15)12(8)10/h2,4,6,9,11,14-15H,3,5,7H2,1H3/t9?,11?,13-/m1/s1. The minimum atomic E-state index is -1.07. The van der Waals surface area contributed by atoms with Gasteiger partial charge in [-0.3, -0.25) is 0 Å². The lowest BCUT2D eigenvalue weighted by atomic mass is 9.56. The quantitative estimate of drug-likeness (QED) is 0.754. The van der Waals surface area contributed by atoms with Crippen molar-refractivity contribution in [2.75, 3.05) is 7.11 Å². The Hall–Kier alpha value is -1.06.